The molecule has 2 rings (SSSR count). The van der Waals surface area contributed by atoms with Crippen LogP contribution in [0.2, 0.25) is 5.02 Å². The fourth-order valence-electron chi connectivity index (χ4n) is 1.85. The Morgan fingerprint density at radius 2 is 2.05 bits per heavy atom. The fraction of sp³-hybridized carbons (Fsp3) is 0.143. The first-order chi connectivity index (χ1) is 9.90. The van der Waals surface area contributed by atoms with Gasteiger partial charge < -0.3 is 10.5 Å². The van der Waals surface area contributed by atoms with Crippen LogP contribution in [0.4, 0.5) is 10.1 Å². The van der Waals surface area contributed by atoms with Gasteiger partial charge in [-0.15, -0.1) is 0 Å². The summed E-state index contributed by atoms with van der Waals surface area (Å²) < 4.78 is 19.3. The fourth-order valence-corrected chi connectivity index (χ4v) is 2.01. The summed E-state index contributed by atoms with van der Waals surface area (Å²) in [4.78, 5) is 10.2. The van der Waals surface area contributed by atoms with Crippen LogP contribution in [-0.2, 0) is 0 Å². The molecule has 0 bridgehead atoms. The van der Waals surface area contributed by atoms with Crippen molar-refractivity contribution >= 4 is 17.3 Å². The zero-order valence-electron chi connectivity index (χ0n) is 11.0. The van der Waals surface area contributed by atoms with Crippen molar-refractivity contribution in [3.63, 3.8) is 0 Å². The van der Waals surface area contributed by atoms with Gasteiger partial charge >= 0.3 is 0 Å². The van der Waals surface area contributed by atoms with Crippen LogP contribution in [0.15, 0.2) is 36.4 Å². The lowest BCUT2D eigenvalue weighted by molar-refractivity contribution is -0.384. The summed E-state index contributed by atoms with van der Waals surface area (Å²) in [6.07, 6.45) is 0. The molecule has 0 aliphatic heterocycles. The van der Waals surface area contributed by atoms with Gasteiger partial charge in [0.1, 0.15) is 11.6 Å². The molecule has 0 heterocycles. The zero-order valence-corrected chi connectivity index (χ0v) is 11.8. The number of hydrogen-bond acceptors (Lipinski definition) is 4. The number of nitrogens with two attached hydrogens (primary N) is 1. The molecule has 1 atom stereocenters. The van der Waals surface area contributed by atoms with E-state index in [9.17, 15) is 14.5 Å². The second-order valence-corrected chi connectivity index (χ2v) is 4.82. The minimum Gasteiger partial charge on any atom is -0.455 e. The summed E-state index contributed by atoms with van der Waals surface area (Å²) in [7, 11) is 0. The minimum absolute atomic E-state index is 0.0679. The summed E-state index contributed by atoms with van der Waals surface area (Å²) in [5.74, 6) is -0.269. The average molecular weight is 311 g/mol. The monoisotopic (exact) mass is 310 g/mol. The topological polar surface area (TPSA) is 78.4 Å². The highest BCUT2D eigenvalue weighted by atomic mass is 35.5. The lowest BCUT2D eigenvalue weighted by atomic mass is 10.1. The molecule has 0 fully saturated rings. The number of rotatable bonds is 4. The summed E-state index contributed by atoms with van der Waals surface area (Å²) in [5.41, 5.74) is 5.73. The highest BCUT2D eigenvalue weighted by molar-refractivity contribution is 6.32. The quantitative estimate of drug-likeness (QED) is 0.678. The Kier molecular flexibility index (Phi) is 4.40. The first-order valence-electron chi connectivity index (χ1n) is 6.06. The second kappa shape index (κ2) is 6.07. The molecule has 0 amide bonds. The molecule has 2 N–H and O–H groups in total. The van der Waals surface area contributed by atoms with Gasteiger partial charge in [-0.05, 0) is 25.1 Å². The summed E-state index contributed by atoms with van der Waals surface area (Å²) in [5, 5.41) is 11.0. The van der Waals surface area contributed by atoms with E-state index in [-0.39, 0.29) is 27.8 Å². The number of benzene rings is 2. The Hall–Kier alpha value is -2.18. The summed E-state index contributed by atoms with van der Waals surface area (Å²) >= 11 is 5.95. The number of ether oxygens (including phenoxy) is 1. The molecule has 0 aliphatic carbocycles. The van der Waals surface area contributed by atoms with Crippen LogP contribution in [0, 0.1) is 15.9 Å². The van der Waals surface area contributed by atoms with Crippen molar-refractivity contribution in [3.05, 3.63) is 62.9 Å². The van der Waals surface area contributed by atoms with Gasteiger partial charge in [-0.25, -0.2) is 4.39 Å². The van der Waals surface area contributed by atoms with Crippen molar-refractivity contribution in [1.82, 2.24) is 0 Å². The van der Waals surface area contributed by atoms with Crippen LogP contribution in [0.5, 0.6) is 11.5 Å². The van der Waals surface area contributed by atoms with Gasteiger partial charge in [0.25, 0.3) is 5.69 Å². The Balaban J connectivity index is 2.45. The Bertz CT molecular complexity index is 692. The molecule has 7 heteroatoms. The highest BCUT2D eigenvalue weighted by Crippen LogP contribution is 2.36. The first kappa shape index (κ1) is 15.2. The molecule has 0 aliphatic rings. The van der Waals surface area contributed by atoms with Crippen LogP contribution in [-0.4, -0.2) is 4.92 Å². The lowest BCUT2D eigenvalue weighted by Crippen LogP contribution is -2.09. The standard InChI is InChI=1S/C14H12ClFN2O3/c1-8(17)14-11(16)3-2-4-12(14)21-13-7-9(18(19)20)5-6-10(13)15/h2-8H,17H2,1H3/t8-/m1/s1. The van der Waals surface area contributed by atoms with Gasteiger partial charge in [0.2, 0.25) is 0 Å². The Labute approximate surface area is 125 Å². The van der Waals surface area contributed by atoms with Gasteiger partial charge in [0.15, 0.2) is 5.75 Å². The van der Waals surface area contributed by atoms with E-state index in [1.165, 1.54) is 36.4 Å². The van der Waals surface area contributed by atoms with Crippen LogP contribution in [0.25, 0.3) is 0 Å². The molecular weight excluding hydrogens is 299 g/mol. The van der Waals surface area contributed by atoms with E-state index in [2.05, 4.69) is 0 Å². The Morgan fingerprint density at radius 3 is 2.67 bits per heavy atom. The van der Waals surface area contributed by atoms with Crippen molar-refractivity contribution in [2.75, 3.05) is 0 Å². The van der Waals surface area contributed by atoms with E-state index in [1.54, 1.807) is 6.92 Å². The predicted molar refractivity (Wildman–Crippen MR) is 77.2 cm³/mol. The molecule has 0 spiro atoms. The van der Waals surface area contributed by atoms with Crippen LogP contribution in [0.3, 0.4) is 0 Å². The molecule has 21 heavy (non-hydrogen) atoms. The Morgan fingerprint density at radius 1 is 1.33 bits per heavy atom. The van der Waals surface area contributed by atoms with Crippen molar-refractivity contribution in [2.45, 2.75) is 13.0 Å². The van der Waals surface area contributed by atoms with Gasteiger partial charge in [-0.2, -0.15) is 0 Å². The van der Waals surface area contributed by atoms with E-state index in [1.807, 2.05) is 0 Å². The molecule has 110 valence electrons. The zero-order chi connectivity index (χ0) is 15.6. The van der Waals surface area contributed by atoms with Gasteiger partial charge in [0.05, 0.1) is 16.0 Å². The molecule has 0 unspecified atom stereocenters. The maximum Gasteiger partial charge on any atom is 0.273 e. The molecule has 0 saturated carbocycles. The minimum atomic E-state index is -0.598. The van der Waals surface area contributed by atoms with E-state index in [4.69, 9.17) is 22.1 Å². The largest absolute Gasteiger partial charge is 0.455 e. The average Bonchev–Trinajstić information content (AvgIpc) is 2.40. The second-order valence-electron chi connectivity index (χ2n) is 4.41. The maximum absolute atomic E-state index is 13.8. The van der Waals surface area contributed by atoms with E-state index in [0.29, 0.717) is 0 Å². The number of nitro benzene ring substituents is 1. The molecule has 2 aromatic carbocycles. The van der Waals surface area contributed by atoms with Gasteiger partial charge in [-0.1, -0.05) is 17.7 Å². The van der Waals surface area contributed by atoms with Crippen molar-refractivity contribution in [2.24, 2.45) is 5.73 Å². The summed E-state index contributed by atoms with van der Waals surface area (Å²) in [6, 6.07) is 7.43. The maximum atomic E-state index is 13.8. The number of nitro groups is 1. The molecule has 0 radical (unpaired) electrons. The van der Waals surface area contributed by atoms with Gasteiger partial charge in [0, 0.05) is 17.7 Å². The molecule has 2 aromatic rings. The van der Waals surface area contributed by atoms with E-state index < -0.39 is 16.8 Å². The SMILES string of the molecule is C[C@@H](N)c1c(F)cccc1Oc1cc([N+](=O)[O-])ccc1Cl. The third-order valence-corrected chi connectivity index (χ3v) is 3.13. The van der Waals surface area contributed by atoms with E-state index >= 15 is 0 Å². The van der Waals surface area contributed by atoms with Crippen molar-refractivity contribution < 1.29 is 14.1 Å². The van der Waals surface area contributed by atoms with Crippen LogP contribution >= 0.6 is 11.6 Å². The van der Waals surface area contributed by atoms with Crippen molar-refractivity contribution in [3.8, 4) is 11.5 Å². The van der Waals surface area contributed by atoms with Crippen molar-refractivity contribution in [1.29, 1.82) is 0 Å². The highest BCUT2D eigenvalue weighted by Gasteiger charge is 2.17. The van der Waals surface area contributed by atoms with Crippen LogP contribution < -0.4 is 10.5 Å². The normalized spacial score (nSPS) is 12.0. The third kappa shape index (κ3) is 3.29. The molecular formula is C14H12ClFN2O3. The lowest BCUT2D eigenvalue weighted by Gasteiger charge is -2.15. The van der Waals surface area contributed by atoms with Gasteiger partial charge in [-0.3, -0.25) is 10.1 Å². The smallest absolute Gasteiger partial charge is 0.273 e. The third-order valence-electron chi connectivity index (χ3n) is 2.81. The molecule has 0 saturated heterocycles. The predicted octanol–water partition coefficient (Wildman–Crippen LogP) is 4.20. The number of hydrogen-bond donors (Lipinski definition) is 1. The van der Waals surface area contributed by atoms with Crippen LogP contribution in [0.1, 0.15) is 18.5 Å². The number of non-ortho nitro benzene ring substituents is 1. The summed E-state index contributed by atoms with van der Waals surface area (Å²) in [6.45, 7) is 1.61. The molecule has 0 aromatic heterocycles. The number of halogens is 2. The van der Waals surface area contributed by atoms with E-state index in [0.717, 1.165) is 0 Å². The first-order valence-corrected chi connectivity index (χ1v) is 6.43. The molecule has 5 nitrogen and oxygen atoms in total. The number of nitrogens with zero attached hydrogens (tertiary/aromatic N) is 1.